The van der Waals surface area contributed by atoms with Gasteiger partial charge in [0.2, 0.25) is 5.91 Å². The molecule has 1 aromatic heterocycles. The summed E-state index contributed by atoms with van der Waals surface area (Å²) in [6.45, 7) is 2.39. The molecule has 0 bridgehead atoms. The van der Waals surface area contributed by atoms with E-state index in [2.05, 4.69) is 20.9 Å². The molecule has 1 atom stereocenters. The van der Waals surface area contributed by atoms with Gasteiger partial charge in [0, 0.05) is 30.6 Å². The minimum Gasteiger partial charge on any atom is -0.423 e. The van der Waals surface area contributed by atoms with E-state index in [1.807, 2.05) is 42.5 Å². The van der Waals surface area contributed by atoms with Crippen LogP contribution in [-0.4, -0.2) is 35.4 Å². The number of likely N-dealkylation sites (tertiary alicyclic amines) is 1. The van der Waals surface area contributed by atoms with Crippen LogP contribution in [0, 0.1) is 5.92 Å². The number of piperidine rings is 1. The zero-order valence-electron chi connectivity index (χ0n) is 16.3. The number of carbonyl (C=O) groups is 1. The lowest BCUT2D eigenvalue weighted by atomic mass is 9.94. The highest BCUT2D eigenvalue weighted by Crippen LogP contribution is 2.38. The molecular formula is C23H24ClN3O2. The van der Waals surface area contributed by atoms with E-state index < -0.39 is 0 Å². The van der Waals surface area contributed by atoms with Gasteiger partial charge < -0.3 is 14.2 Å². The molecule has 3 heterocycles. The molecule has 2 aliphatic heterocycles. The largest absolute Gasteiger partial charge is 0.423 e. The van der Waals surface area contributed by atoms with Gasteiger partial charge in [-0.1, -0.05) is 41.9 Å². The molecule has 150 valence electrons. The van der Waals surface area contributed by atoms with Gasteiger partial charge in [-0.3, -0.25) is 4.79 Å². The topological polar surface area (TPSA) is 49.6 Å². The molecule has 5 rings (SSSR count). The summed E-state index contributed by atoms with van der Waals surface area (Å²) in [5, 5.41) is 0.753. The highest BCUT2D eigenvalue weighted by Gasteiger charge is 2.36. The first-order valence-electron chi connectivity index (χ1n) is 10.4. The third-order valence-corrected chi connectivity index (χ3v) is 6.54. The minimum absolute atomic E-state index is 0.0544. The summed E-state index contributed by atoms with van der Waals surface area (Å²) >= 11 is 6.42. The minimum atomic E-state index is 0.0544. The number of carbonyl (C=O) groups excluding carboxylic acids is 1. The van der Waals surface area contributed by atoms with Crippen LogP contribution < -0.4 is 4.90 Å². The lowest BCUT2D eigenvalue weighted by Crippen LogP contribution is -2.42. The van der Waals surface area contributed by atoms with Crippen LogP contribution >= 0.6 is 11.6 Å². The summed E-state index contributed by atoms with van der Waals surface area (Å²) < 4.78 is 5.90. The number of oxazole rings is 1. The number of hydrogen-bond acceptors (Lipinski definition) is 4. The Morgan fingerprint density at radius 2 is 1.76 bits per heavy atom. The molecule has 5 nitrogen and oxygen atoms in total. The van der Waals surface area contributed by atoms with Crippen molar-refractivity contribution >= 4 is 34.6 Å². The fourth-order valence-electron chi connectivity index (χ4n) is 4.65. The number of amides is 1. The molecule has 2 fully saturated rings. The van der Waals surface area contributed by atoms with Gasteiger partial charge in [-0.25, -0.2) is 0 Å². The first-order chi connectivity index (χ1) is 14.2. The van der Waals surface area contributed by atoms with Crippen LogP contribution in [0.5, 0.6) is 0 Å². The zero-order chi connectivity index (χ0) is 19.8. The number of aromatic nitrogens is 1. The molecule has 0 spiro atoms. The monoisotopic (exact) mass is 409 g/mol. The maximum absolute atomic E-state index is 13.3. The van der Waals surface area contributed by atoms with E-state index >= 15 is 0 Å². The summed E-state index contributed by atoms with van der Waals surface area (Å²) in [6.07, 6.45) is 3.66. The standard InChI is InChI=1S/C23H24ClN3O2/c24-18-7-2-1-6-17(18)20-9-5-13-27(20)22(28)16-11-14-26(15-12-16)23-25-19-8-3-4-10-21(19)29-23/h1-4,6-8,10,16,20H,5,9,11-15H2/t20-/m1/s1. The highest BCUT2D eigenvalue weighted by molar-refractivity contribution is 6.31. The Labute approximate surface area is 175 Å². The molecule has 2 aromatic carbocycles. The first kappa shape index (κ1) is 18.5. The lowest BCUT2D eigenvalue weighted by molar-refractivity contribution is -0.137. The van der Waals surface area contributed by atoms with Crippen LogP contribution in [0.3, 0.4) is 0 Å². The van der Waals surface area contributed by atoms with Gasteiger partial charge >= 0.3 is 0 Å². The molecule has 0 saturated carbocycles. The number of halogens is 1. The van der Waals surface area contributed by atoms with E-state index in [-0.39, 0.29) is 17.9 Å². The molecule has 2 aliphatic rings. The van der Waals surface area contributed by atoms with E-state index in [4.69, 9.17) is 16.0 Å². The van der Waals surface area contributed by atoms with Crippen molar-refractivity contribution in [1.82, 2.24) is 9.88 Å². The van der Waals surface area contributed by atoms with Crippen molar-refractivity contribution < 1.29 is 9.21 Å². The Balaban J connectivity index is 1.26. The van der Waals surface area contributed by atoms with Crippen molar-refractivity contribution in [2.75, 3.05) is 24.5 Å². The van der Waals surface area contributed by atoms with Crippen molar-refractivity contribution in [3.63, 3.8) is 0 Å². The normalized spacial score (nSPS) is 20.5. The molecule has 0 unspecified atom stereocenters. The van der Waals surface area contributed by atoms with Gasteiger partial charge in [-0.2, -0.15) is 4.98 Å². The van der Waals surface area contributed by atoms with Crippen LogP contribution in [-0.2, 0) is 4.79 Å². The van der Waals surface area contributed by atoms with Gasteiger partial charge in [-0.15, -0.1) is 0 Å². The summed E-state index contributed by atoms with van der Waals surface area (Å²) in [5.41, 5.74) is 2.75. The molecule has 1 amide bonds. The van der Waals surface area contributed by atoms with Crippen LogP contribution in [0.1, 0.15) is 37.3 Å². The Bertz CT molecular complexity index is 993. The quantitative estimate of drug-likeness (QED) is 0.606. The fraction of sp³-hybridized carbons (Fsp3) is 0.391. The molecule has 3 aromatic rings. The summed E-state index contributed by atoms with van der Waals surface area (Å²) in [7, 11) is 0. The van der Waals surface area contributed by atoms with E-state index in [0.717, 1.165) is 67.0 Å². The molecule has 0 N–H and O–H groups in total. The Hall–Kier alpha value is -2.53. The van der Waals surface area contributed by atoms with Gasteiger partial charge in [0.1, 0.15) is 5.52 Å². The van der Waals surface area contributed by atoms with E-state index in [0.29, 0.717) is 6.01 Å². The van der Waals surface area contributed by atoms with Crippen LogP contribution in [0.2, 0.25) is 5.02 Å². The second-order valence-electron chi connectivity index (χ2n) is 7.94. The summed E-state index contributed by atoms with van der Waals surface area (Å²) in [5.74, 6) is 0.323. The van der Waals surface area contributed by atoms with Crippen LogP contribution in [0.25, 0.3) is 11.1 Å². The number of fused-ring (bicyclic) bond motifs is 1. The Morgan fingerprint density at radius 3 is 2.55 bits per heavy atom. The summed E-state index contributed by atoms with van der Waals surface area (Å²) in [6, 6.07) is 16.5. The van der Waals surface area contributed by atoms with Crippen LogP contribution in [0.4, 0.5) is 6.01 Å². The molecule has 0 radical (unpaired) electrons. The van der Waals surface area contributed by atoms with E-state index in [1.54, 1.807) is 0 Å². The average Bonchev–Trinajstić information content (AvgIpc) is 3.41. The van der Waals surface area contributed by atoms with Crippen molar-refractivity contribution in [2.24, 2.45) is 5.92 Å². The molecule has 2 saturated heterocycles. The van der Waals surface area contributed by atoms with Gasteiger partial charge in [-0.05, 0) is 49.4 Å². The second-order valence-corrected chi connectivity index (χ2v) is 8.34. The number of para-hydroxylation sites is 2. The van der Waals surface area contributed by atoms with Crippen molar-refractivity contribution in [3.8, 4) is 0 Å². The third kappa shape index (κ3) is 3.48. The molecule has 6 heteroatoms. The van der Waals surface area contributed by atoms with E-state index in [9.17, 15) is 4.79 Å². The van der Waals surface area contributed by atoms with E-state index in [1.165, 1.54) is 0 Å². The molecule has 0 aliphatic carbocycles. The third-order valence-electron chi connectivity index (χ3n) is 6.20. The smallest absolute Gasteiger partial charge is 0.298 e. The number of rotatable bonds is 3. The molecule has 29 heavy (non-hydrogen) atoms. The second kappa shape index (κ2) is 7.71. The predicted octanol–water partition coefficient (Wildman–Crippen LogP) is 5.06. The molecular weight excluding hydrogens is 386 g/mol. The van der Waals surface area contributed by atoms with Gasteiger partial charge in [0.25, 0.3) is 6.01 Å². The number of benzene rings is 2. The van der Waals surface area contributed by atoms with Crippen molar-refractivity contribution in [1.29, 1.82) is 0 Å². The Morgan fingerprint density at radius 1 is 1.00 bits per heavy atom. The fourth-order valence-corrected chi connectivity index (χ4v) is 4.91. The SMILES string of the molecule is O=C(C1CCN(c2nc3ccccc3o2)CC1)N1CCC[C@@H]1c1ccccc1Cl. The average molecular weight is 410 g/mol. The van der Waals surface area contributed by atoms with Gasteiger partial charge in [0.05, 0.1) is 6.04 Å². The lowest BCUT2D eigenvalue weighted by Gasteiger charge is -2.34. The number of hydrogen-bond donors (Lipinski definition) is 0. The number of anilines is 1. The maximum atomic E-state index is 13.3. The van der Waals surface area contributed by atoms with Gasteiger partial charge in [0.15, 0.2) is 5.58 Å². The first-order valence-corrected chi connectivity index (χ1v) is 10.7. The van der Waals surface area contributed by atoms with Crippen LogP contribution in [0.15, 0.2) is 52.9 Å². The van der Waals surface area contributed by atoms with Crippen molar-refractivity contribution in [2.45, 2.75) is 31.7 Å². The number of nitrogens with zero attached hydrogens (tertiary/aromatic N) is 3. The van der Waals surface area contributed by atoms with Crippen molar-refractivity contribution in [3.05, 3.63) is 59.1 Å². The highest BCUT2D eigenvalue weighted by atomic mass is 35.5. The summed E-state index contributed by atoms with van der Waals surface area (Å²) in [4.78, 5) is 22.1. The zero-order valence-corrected chi connectivity index (χ0v) is 17.0. The maximum Gasteiger partial charge on any atom is 0.298 e. The predicted molar refractivity (Wildman–Crippen MR) is 114 cm³/mol. The Kier molecular flexibility index (Phi) is 4.92.